The van der Waals surface area contributed by atoms with Gasteiger partial charge in [0.05, 0.1) is 5.56 Å². The molecule has 1 aromatic heterocycles. The van der Waals surface area contributed by atoms with Gasteiger partial charge in [-0.2, -0.15) is 4.37 Å². The molecule has 1 saturated heterocycles. The number of aromatic nitrogens is 1. The van der Waals surface area contributed by atoms with Gasteiger partial charge in [-0.15, -0.1) is 0 Å². The van der Waals surface area contributed by atoms with E-state index >= 15 is 0 Å². The molecule has 2 heterocycles. The molecule has 2 atom stereocenters. The fraction of sp³-hybridized carbons (Fsp3) is 0.438. The SMILES string of the molecule is CC1CC(C)CN(c2snc(N)c2-c2ccccc2)C1. The van der Waals surface area contributed by atoms with Gasteiger partial charge in [0.2, 0.25) is 0 Å². The number of nitrogens with zero attached hydrogens (tertiary/aromatic N) is 2. The normalized spacial score (nSPS) is 23.0. The summed E-state index contributed by atoms with van der Waals surface area (Å²) in [5, 5.41) is 1.23. The van der Waals surface area contributed by atoms with E-state index in [-0.39, 0.29) is 0 Å². The number of hydrogen-bond acceptors (Lipinski definition) is 4. The minimum Gasteiger partial charge on any atom is -0.382 e. The Morgan fingerprint density at radius 2 is 1.80 bits per heavy atom. The lowest BCUT2D eigenvalue weighted by molar-refractivity contribution is 0.358. The molecule has 106 valence electrons. The molecule has 0 bridgehead atoms. The second-order valence-electron chi connectivity index (χ2n) is 5.97. The van der Waals surface area contributed by atoms with Crippen LogP contribution in [-0.4, -0.2) is 17.5 Å². The first kappa shape index (κ1) is 13.4. The van der Waals surface area contributed by atoms with Gasteiger partial charge >= 0.3 is 0 Å². The van der Waals surface area contributed by atoms with Crippen LogP contribution in [0.1, 0.15) is 20.3 Å². The second kappa shape index (κ2) is 5.44. The van der Waals surface area contributed by atoms with Crippen LogP contribution in [0.5, 0.6) is 0 Å². The molecule has 4 heteroatoms. The molecule has 1 aliphatic rings. The first-order chi connectivity index (χ1) is 9.65. The molecule has 0 radical (unpaired) electrons. The highest BCUT2D eigenvalue weighted by atomic mass is 32.1. The first-order valence-electron chi connectivity index (χ1n) is 7.20. The van der Waals surface area contributed by atoms with Crippen LogP contribution >= 0.6 is 11.5 Å². The predicted molar refractivity (Wildman–Crippen MR) is 87.1 cm³/mol. The van der Waals surface area contributed by atoms with E-state index in [1.54, 1.807) is 0 Å². The molecular formula is C16H21N3S. The maximum absolute atomic E-state index is 6.12. The lowest BCUT2D eigenvalue weighted by atomic mass is 9.92. The molecule has 2 aromatic rings. The Kier molecular flexibility index (Phi) is 3.66. The minimum absolute atomic E-state index is 0.655. The molecule has 3 rings (SSSR count). The van der Waals surface area contributed by atoms with Crippen molar-refractivity contribution in [3.63, 3.8) is 0 Å². The summed E-state index contributed by atoms with van der Waals surface area (Å²) in [6.45, 7) is 6.86. The largest absolute Gasteiger partial charge is 0.382 e. The summed E-state index contributed by atoms with van der Waals surface area (Å²) in [6, 6.07) is 10.4. The van der Waals surface area contributed by atoms with Gasteiger partial charge in [0.25, 0.3) is 0 Å². The van der Waals surface area contributed by atoms with Crippen LogP contribution in [0, 0.1) is 11.8 Å². The van der Waals surface area contributed by atoms with Crippen LogP contribution in [0.4, 0.5) is 10.8 Å². The number of nitrogen functional groups attached to an aromatic ring is 1. The van der Waals surface area contributed by atoms with Crippen molar-refractivity contribution in [2.45, 2.75) is 20.3 Å². The summed E-state index contributed by atoms with van der Waals surface area (Å²) in [5.74, 6) is 2.11. The maximum atomic E-state index is 6.12. The van der Waals surface area contributed by atoms with Crippen molar-refractivity contribution in [1.82, 2.24) is 4.37 Å². The molecule has 0 spiro atoms. The molecule has 3 nitrogen and oxygen atoms in total. The van der Waals surface area contributed by atoms with Gasteiger partial charge in [0, 0.05) is 13.1 Å². The zero-order valence-electron chi connectivity index (χ0n) is 12.0. The highest BCUT2D eigenvalue weighted by Gasteiger charge is 2.26. The fourth-order valence-corrected chi connectivity index (χ4v) is 4.07. The molecule has 1 aromatic carbocycles. The summed E-state index contributed by atoms with van der Waals surface area (Å²) < 4.78 is 4.40. The summed E-state index contributed by atoms with van der Waals surface area (Å²) in [6.07, 6.45) is 1.31. The van der Waals surface area contributed by atoms with Crippen molar-refractivity contribution in [2.24, 2.45) is 11.8 Å². The maximum Gasteiger partial charge on any atom is 0.147 e. The van der Waals surface area contributed by atoms with Crippen LogP contribution < -0.4 is 10.6 Å². The van der Waals surface area contributed by atoms with Crippen LogP contribution in [0.3, 0.4) is 0 Å². The Bertz CT molecular complexity index is 569. The average Bonchev–Trinajstić information content (AvgIpc) is 2.80. The summed E-state index contributed by atoms with van der Waals surface area (Å²) in [5.41, 5.74) is 8.40. The van der Waals surface area contributed by atoms with Crippen LogP contribution in [0.2, 0.25) is 0 Å². The molecule has 0 amide bonds. The number of anilines is 2. The van der Waals surface area contributed by atoms with Gasteiger partial charge in [-0.1, -0.05) is 44.2 Å². The Morgan fingerprint density at radius 1 is 1.15 bits per heavy atom. The van der Waals surface area contributed by atoms with Gasteiger partial charge in [0.15, 0.2) is 0 Å². The smallest absolute Gasteiger partial charge is 0.147 e. The van der Waals surface area contributed by atoms with Gasteiger partial charge < -0.3 is 10.6 Å². The zero-order valence-corrected chi connectivity index (χ0v) is 12.9. The summed E-state index contributed by atoms with van der Waals surface area (Å²) in [7, 11) is 0. The minimum atomic E-state index is 0.655. The van der Waals surface area contributed by atoms with Crippen molar-refractivity contribution in [2.75, 3.05) is 23.7 Å². The fourth-order valence-electron chi connectivity index (χ4n) is 3.21. The van der Waals surface area contributed by atoms with Crippen molar-refractivity contribution in [1.29, 1.82) is 0 Å². The van der Waals surface area contributed by atoms with E-state index in [4.69, 9.17) is 5.73 Å². The van der Waals surface area contributed by atoms with E-state index < -0.39 is 0 Å². The second-order valence-corrected chi connectivity index (χ2v) is 6.72. The molecule has 1 fully saturated rings. The van der Waals surface area contributed by atoms with Gasteiger partial charge in [-0.3, -0.25) is 0 Å². The van der Waals surface area contributed by atoms with Gasteiger partial charge in [-0.05, 0) is 35.4 Å². The summed E-state index contributed by atoms with van der Waals surface area (Å²) in [4.78, 5) is 2.47. The third kappa shape index (κ3) is 2.52. The van der Waals surface area contributed by atoms with Gasteiger partial charge in [0.1, 0.15) is 10.8 Å². The number of piperidine rings is 1. The van der Waals surface area contributed by atoms with Crippen LogP contribution in [0.25, 0.3) is 11.1 Å². The van der Waals surface area contributed by atoms with Crippen LogP contribution in [0.15, 0.2) is 30.3 Å². The molecule has 20 heavy (non-hydrogen) atoms. The number of hydrogen-bond donors (Lipinski definition) is 1. The van der Waals surface area contributed by atoms with E-state index in [2.05, 4.69) is 47.4 Å². The molecule has 1 aliphatic heterocycles. The van der Waals surface area contributed by atoms with E-state index in [1.165, 1.54) is 28.5 Å². The summed E-state index contributed by atoms with van der Waals surface area (Å²) >= 11 is 1.53. The average molecular weight is 287 g/mol. The van der Waals surface area contributed by atoms with E-state index in [1.807, 2.05) is 6.07 Å². The van der Waals surface area contributed by atoms with Crippen molar-refractivity contribution < 1.29 is 0 Å². The predicted octanol–water partition coefficient (Wildman–Crippen LogP) is 3.87. The van der Waals surface area contributed by atoms with Crippen molar-refractivity contribution in [3.8, 4) is 11.1 Å². The topological polar surface area (TPSA) is 42.2 Å². The standard InChI is InChI=1S/C16H21N3S/c1-11-8-12(2)10-19(9-11)16-14(15(17)18-20-16)13-6-4-3-5-7-13/h3-7,11-12H,8-10H2,1-2H3,(H2,17,18). The van der Waals surface area contributed by atoms with Gasteiger partial charge in [-0.25, -0.2) is 0 Å². The molecule has 0 aliphatic carbocycles. The number of rotatable bonds is 2. The lowest BCUT2D eigenvalue weighted by Gasteiger charge is -2.36. The monoisotopic (exact) mass is 287 g/mol. The molecule has 0 saturated carbocycles. The van der Waals surface area contributed by atoms with E-state index in [0.717, 1.165) is 30.5 Å². The quantitative estimate of drug-likeness (QED) is 0.911. The Morgan fingerprint density at radius 3 is 2.45 bits per heavy atom. The van der Waals surface area contributed by atoms with E-state index in [9.17, 15) is 0 Å². The zero-order chi connectivity index (χ0) is 14.1. The van der Waals surface area contributed by atoms with Crippen molar-refractivity contribution in [3.05, 3.63) is 30.3 Å². The van der Waals surface area contributed by atoms with E-state index in [0.29, 0.717) is 5.82 Å². The lowest BCUT2D eigenvalue weighted by Crippen LogP contribution is -2.38. The Balaban J connectivity index is 1.99. The Hall–Kier alpha value is -1.55. The number of nitrogens with two attached hydrogens (primary N) is 1. The molecular weight excluding hydrogens is 266 g/mol. The van der Waals surface area contributed by atoms with Crippen molar-refractivity contribution >= 4 is 22.4 Å². The highest BCUT2D eigenvalue weighted by molar-refractivity contribution is 7.11. The third-order valence-corrected chi connectivity index (χ3v) is 4.84. The first-order valence-corrected chi connectivity index (χ1v) is 7.98. The third-order valence-electron chi connectivity index (χ3n) is 3.92. The molecule has 2 N–H and O–H groups in total. The number of benzene rings is 1. The highest BCUT2D eigenvalue weighted by Crippen LogP contribution is 2.41. The molecule has 2 unspecified atom stereocenters. The van der Waals surface area contributed by atoms with Crippen LogP contribution in [-0.2, 0) is 0 Å². The Labute approximate surface area is 124 Å².